The SMILES string of the molecule is CC(C)(C)[SiH]1OO1. The van der Waals surface area contributed by atoms with Crippen LogP contribution in [0, 0.1) is 0 Å². The van der Waals surface area contributed by atoms with Crippen LogP contribution in [0.25, 0.3) is 0 Å². The molecule has 0 bridgehead atoms. The second-order valence-corrected chi connectivity index (χ2v) is 5.67. The predicted molar refractivity (Wildman–Crippen MR) is 29.0 cm³/mol. The lowest BCUT2D eigenvalue weighted by atomic mass is 10.3. The van der Waals surface area contributed by atoms with E-state index >= 15 is 0 Å². The van der Waals surface area contributed by atoms with Gasteiger partial charge in [0.15, 0.2) is 0 Å². The van der Waals surface area contributed by atoms with Crippen molar-refractivity contribution in [3.05, 3.63) is 0 Å². The highest BCUT2D eigenvalue weighted by Gasteiger charge is 2.42. The molecule has 0 aromatic carbocycles. The van der Waals surface area contributed by atoms with E-state index < -0.39 is 9.28 Å². The molecule has 0 amide bonds. The first-order valence-corrected chi connectivity index (χ1v) is 3.95. The zero-order valence-corrected chi connectivity index (χ0v) is 6.05. The molecular formula is C4H10O2Si. The fourth-order valence-corrected chi connectivity index (χ4v) is 1.12. The third-order valence-corrected chi connectivity index (χ3v) is 2.70. The van der Waals surface area contributed by atoms with Crippen molar-refractivity contribution in [1.29, 1.82) is 0 Å². The molecule has 0 aromatic rings. The summed E-state index contributed by atoms with van der Waals surface area (Å²) in [6, 6.07) is 0. The maximum Gasteiger partial charge on any atom is 0.398 e. The second kappa shape index (κ2) is 1.31. The van der Waals surface area contributed by atoms with Gasteiger partial charge in [-0.15, -0.1) is 0 Å². The molecule has 0 radical (unpaired) electrons. The van der Waals surface area contributed by atoms with E-state index in [1.165, 1.54) is 0 Å². The summed E-state index contributed by atoms with van der Waals surface area (Å²) in [5.41, 5.74) is 0. The van der Waals surface area contributed by atoms with Crippen molar-refractivity contribution in [2.24, 2.45) is 0 Å². The lowest BCUT2D eigenvalue weighted by molar-refractivity contribution is 0.0850. The summed E-state index contributed by atoms with van der Waals surface area (Å²) in [6.45, 7) is 6.41. The average molecular weight is 118 g/mol. The molecule has 1 aliphatic rings. The van der Waals surface area contributed by atoms with E-state index in [9.17, 15) is 0 Å². The quantitative estimate of drug-likeness (QED) is 0.269. The van der Waals surface area contributed by atoms with Crippen LogP contribution in [0.5, 0.6) is 0 Å². The Balaban J connectivity index is 2.36. The van der Waals surface area contributed by atoms with Crippen LogP contribution in [0.3, 0.4) is 0 Å². The van der Waals surface area contributed by atoms with Gasteiger partial charge in [0.05, 0.1) is 0 Å². The predicted octanol–water partition coefficient (Wildman–Crippen LogP) is 0.969. The summed E-state index contributed by atoms with van der Waals surface area (Å²) in [7, 11) is -1.11. The topological polar surface area (TPSA) is 25.1 Å². The smallest absolute Gasteiger partial charge is 0.260 e. The highest BCUT2D eigenvalue weighted by molar-refractivity contribution is 6.53. The summed E-state index contributed by atoms with van der Waals surface area (Å²) in [4.78, 5) is 0. The first kappa shape index (κ1) is 5.28. The number of rotatable bonds is 0. The summed E-state index contributed by atoms with van der Waals surface area (Å²) >= 11 is 0. The monoisotopic (exact) mass is 118 g/mol. The van der Waals surface area contributed by atoms with Crippen LogP contribution in [0.1, 0.15) is 20.8 Å². The van der Waals surface area contributed by atoms with Crippen LogP contribution in [-0.4, -0.2) is 9.28 Å². The van der Waals surface area contributed by atoms with Crippen molar-refractivity contribution in [3.8, 4) is 0 Å². The first-order chi connectivity index (χ1) is 3.11. The second-order valence-electron chi connectivity index (χ2n) is 2.89. The zero-order chi connectivity index (χ0) is 5.49. The molecular weight excluding hydrogens is 108 g/mol. The third kappa shape index (κ3) is 1.26. The number of hydrogen-bond acceptors (Lipinski definition) is 2. The Labute approximate surface area is 45.2 Å². The lowest BCUT2D eigenvalue weighted by Crippen LogP contribution is -2.09. The van der Waals surface area contributed by atoms with E-state index in [0.717, 1.165) is 0 Å². The zero-order valence-electron chi connectivity index (χ0n) is 4.89. The molecule has 0 aliphatic carbocycles. The van der Waals surface area contributed by atoms with E-state index in [2.05, 4.69) is 20.8 Å². The Morgan fingerprint density at radius 2 is 1.57 bits per heavy atom. The molecule has 1 saturated heterocycles. The fourth-order valence-electron chi connectivity index (χ4n) is 0.316. The minimum absolute atomic E-state index is 0.306. The molecule has 1 aliphatic heterocycles. The molecule has 0 saturated carbocycles. The molecule has 3 heteroatoms. The highest BCUT2D eigenvalue weighted by Crippen LogP contribution is 2.35. The third-order valence-electron chi connectivity index (χ3n) is 0.900. The van der Waals surface area contributed by atoms with Gasteiger partial charge < -0.3 is 0 Å². The molecule has 0 atom stereocenters. The molecule has 2 nitrogen and oxygen atoms in total. The van der Waals surface area contributed by atoms with Crippen molar-refractivity contribution in [3.63, 3.8) is 0 Å². The van der Waals surface area contributed by atoms with E-state index in [4.69, 9.17) is 9.15 Å². The van der Waals surface area contributed by atoms with Gasteiger partial charge in [-0.1, -0.05) is 20.8 Å². The lowest BCUT2D eigenvalue weighted by Gasteiger charge is -2.06. The highest BCUT2D eigenvalue weighted by atomic mass is 28.3. The van der Waals surface area contributed by atoms with E-state index in [-0.39, 0.29) is 0 Å². The molecule has 7 heavy (non-hydrogen) atoms. The van der Waals surface area contributed by atoms with Gasteiger partial charge in [-0.05, 0) is 0 Å². The van der Waals surface area contributed by atoms with Crippen LogP contribution >= 0.6 is 0 Å². The molecule has 1 fully saturated rings. The van der Waals surface area contributed by atoms with Crippen LogP contribution in [0.2, 0.25) is 5.04 Å². The van der Waals surface area contributed by atoms with Crippen LogP contribution in [-0.2, 0) is 9.15 Å². The van der Waals surface area contributed by atoms with E-state index in [0.29, 0.717) is 5.04 Å². The Morgan fingerprint density at radius 1 is 1.14 bits per heavy atom. The van der Waals surface area contributed by atoms with Gasteiger partial charge in [0, 0.05) is 5.04 Å². The van der Waals surface area contributed by atoms with Gasteiger partial charge in [0.25, 0.3) is 0 Å². The summed E-state index contributed by atoms with van der Waals surface area (Å²) < 4.78 is 9.42. The van der Waals surface area contributed by atoms with Crippen LogP contribution in [0.15, 0.2) is 0 Å². The minimum Gasteiger partial charge on any atom is -0.260 e. The van der Waals surface area contributed by atoms with Crippen LogP contribution < -0.4 is 0 Å². The molecule has 0 N–H and O–H groups in total. The van der Waals surface area contributed by atoms with Gasteiger partial charge in [0.2, 0.25) is 0 Å². The molecule has 42 valence electrons. The summed E-state index contributed by atoms with van der Waals surface area (Å²) in [6.07, 6.45) is 0. The maximum absolute atomic E-state index is 4.71. The van der Waals surface area contributed by atoms with E-state index in [1.807, 2.05) is 0 Å². The molecule has 1 heterocycles. The molecule has 0 aromatic heterocycles. The molecule has 1 rings (SSSR count). The molecule has 0 unspecified atom stereocenters. The van der Waals surface area contributed by atoms with Gasteiger partial charge >= 0.3 is 9.28 Å². The van der Waals surface area contributed by atoms with Crippen molar-refractivity contribution in [1.82, 2.24) is 0 Å². The maximum atomic E-state index is 4.71. The minimum atomic E-state index is -1.11. The van der Waals surface area contributed by atoms with Crippen molar-refractivity contribution in [2.45, 2.75) is 25.8 Å². The number of hydrogen-bond donors (Lipinski definition) is 0. The van der Waals surface area contributed by atoms with Crippen molar-refractivity contribution in [2.75, 3.05) is 0 Å². The van der Waals surface area contributed by atoms with Crippen LogP contribution in [0.4, 0.5) is 0 Å². The van der Waals surface area contributed by atoms with Gasteiger partial charge in [0.1, 0.15) is 0 Å². The summed E-state index contributed by atoms with van der Waals surface area (Å²) in [5, 5.41) is 0.306. The van der Waals surface area contributed by atoms with E-state index in [1.54, 1.807) is 0 Å². The molecule has 0 spiro atoms. The average Bonchev–Trinajstić information content (AvgIpc) is 1.99. The standard InChI is InChI=1S/C4H10O2Si/c1-4(2,3)7-5-6-7/h7H,1-3H3. The van der Waals surface area contributed by atoms with Crippen molar-refractivity contribution < 1.29 is 9.15 Å². The van der Waals surface area contributed by atoms with Crippen molar-refractivity contribution >= 4 is 9.28 Å². The Hall–Kier alpha value is 0.137. The van der Waals surface area contributed by atoms with Gasteiger partial charge in [-0.25, -0.2) is 0 Å². The Kier molecular flexibility index (Phi) is 0.984. The van der Waals surface area contributed by atoms with Gasteiger partial charge in [-0.3, -0.25) is 9.15 Å². The largest absolute Gasteiger partial charge is 0.398 e. The van der Waals surface area contributed by atoms with Gasteiger partial charge in [-0.2, -0.15) is 0 Å². The first-order valence-electron chi connectivity index (χ1n) is 2.43. The fraction of sp³-hybridized carbons (Fsp3) is 1.00. The summed E-state index contributed by atoms with van der Waals surface area (Å²) in [5.74, 6) is 0. The Morgan fingerprint density at radius 3 is 1.57 bits per heavy atom. The normalized spacial score (nSPS) is 22.7. The Bertz CT molecular complexity index is 72.2.